The smallest absolute Gasteiger partial charge is 0.297 e. The molecule has 1 aliphatic rings. The summed E-state index contributed by atoms with van der Waals surface area (Å²) in [5.41, 5.74) is 0.968. The van der Waals surface area contributed by atoms with Crippen LogP contribution < -0.4 is 10.2 Å². The van der Waals surface area contributed by atoms with Crippen molar-refractivity contribution in [1.29, 1.82) is 0 Å². The highest BCUT2D eigenvalue weighted by molar-refractivity contribution is 5.27. The van der Waals surface area contributed by atoms with Gasteiger partial charge in [-0.05, 0) is 19.8 Å². The van der Waals surface area contributed by atoms with Crippen molar-refractivity contribution in [3.05, 3.63) is 12.0 Å². The van der Waals surface area contributed by atoms with Gasteiger partial charge in [0, 0.05) is 32.3 Å². The Labute approximate surface area is 115 Å². The molecule has 0 bridgehead atoms. The Morgan fingerprint density at radius 2 is 2.21 bits per heavy atom. The molecule has 19 heavy (non-hydrogen) atoms. The van der Waals surface area contributed by atoms with Crippen LogP contribution in [0.5, 0.6) is 0 Å². The Bertz CT molecular complexity index is 371. The minimum atomic E-state index is 0.401. The third-order valence-corrected chi connectivity index (χ3v) is 3.35. The lowest BCUT2D eigenvalue weighted by Gasteiger charge is -2.30. The number of hydrogen-bond acceptors (Lipinski definition) is 5. The van der Waals surface area contributed by atoms with Crippen LogP contribution in [0.25, 0.3) is 0 Å². The molecule has 5 heteroatoms. The molecular formula is C14H25N3O2. The van der Waals surface area contributed by atoms with E-state index in [2.05, 4.69) is 36.0 Å². The van der Waals surface area contributed by atoms with E-state index in [1.165, 1.54) is 0 Å². The average Bonchev–Trinajstić information content (AvgIpc) is 2.86. The summed E-state index contributed by atoms with van der Waals surface area (Å²) in [6, 6.07) is 1.21. The maximum absolute atomic E-state index is 5.65. The topological polar surface area (TPSA) is 50.5 Å². The lowest BCUT2D eigenvalue weighted by atomic mass is 10.1. The van der Waals surface area contributed by atoms with Gasteiger partial charge in [-0.1, -0.05) is 13.8 Å². The molecule has 1 N–H and O–H groups in total. The van der Waals surface area contributed by atoms with Crippen molar-refractivity contribution < 1.29 is 9.15 Å². The highest BCUT2D eigenvalue weighted by Crippen LogP contribution is 2.20. The van der Waals surface area contributed by atoms with Gasteiger partial charge in [0.05, 0.1) is 11.8 Å². The van der Waals surface area contributed by atoms with Gasteiger partial charge in [-0.25, -0.2) is 0 Å². The summed E-state index contributed by atoms with van der Waals surface area (Å²) in [6.07, 6.45) is 4.25. The second-order valence-electron chi connectivity index (χ2n) is 5.30. The van der Waals surface area contributed by atoms with Gasteiger partial charge in [0.25, 0.3) is 6.01 Å². The Hall–Kier alpha value is -1.07. The Morgan fingerprint density at radius 3 is 2.84 bits per heavy atom. The van der Waals surface area contributed by atoms with Gasteiger partial charge in [-0.2, -0.15) is 4.98 Å². The largest absolute Gasteiger partial charge is 0.432 e. The number of nitrogens with one attached hydrogen (secondary N) is 1. The van der Waals surface area contributed by atoms with Crippen LogP contribution in [-0.2, 0) is 11.3 Å². The molecule has 0 radical (unpaired) electrons. The zero-order valence-corrected chi connectivity index (χ0v) is 12.2. The second-order valence-corrected chi connectivity index (χ2v) is 5.30. The zero-order valence-electron chi connectivity index (χ0n) is 12.2. The van der Waals surface area contributed by atoms with Crippen LogP contribution in [0.15, 0.2) is 10.7 Å². The van der Waals surface area contributed by atoms with Crippen molar-refractivity contribution in [2.24, 2.45) is 0 Å². The SMILES string of the molecule is CCOC1CCN(c2nc(CNC(C)C)co2)CC1. The van der Waals surface area contributed by atoms with Gasteiger partial charge in [0.15, 0.2) is 0 Å². The monoisotopic (exact) mass is 267 g/mol. The number of hydrogen-bond donors (Lipinski definition) is 1. The summed E-state index contributed by atoms with van der Waals surface area (Å²) in [6.45, 7) is 9.78. The van der Waals surface area contributed by atoms with Crippen molar-refractivity contribution in [2.45, 2.75) is 52.3 Å². The van der Waals surface area contributed by atoms with Crippen LogP contribution in [0.1, 0.15) is 39.3 Å². The third kappa shape index (κ3) is 4.21. The summed E-state index contributed by atoms with van der Waals surface area (Å²) >= 11 is 0. The summed E-state index contributed by atoms with van der Waals surface area (Å²) in [5, 5.41) is 3.34. The Morgan fingerprint density at radius 1 is 1.47 bits per heavy atom. The molecule has 0 aromatic carbocycles. The average molecular weight is 267 g/mol. The molecule has 2 rings (SSSR count). The fourth-order valence-corrected chi connectivity index (χ4v) is 2.28. The Kier molecular flexibility index (Phi) is 5.22. The van der Waals surface area contributed by atoms with Crippen molar-refractivity contribution in [3.8, 4) is 0 Å². The number of anilines is 1. The predicted octanol–water partition coefficient (Wildman–Crippen LogP) is 2.18. The molecule has 5 nitrogen and oxygen atoms in total. The minimum absolute atomic E-state index is 0.401. The van der Waals surface area contributed by atoms with Crippen molar-refractivity contribution >= 4 is 6.01 Å². The van der Waals surface area contributed by atoms with Gasteiger partial charge < -0.3 is 19.4 Å². The number of piperidine rings is 1. The number of aromatic nitrogens is 1. The standard InChI is InChI=1S/C14H25N3O2/c1-4-18-13-5-7-17(8-6-13)14-16-12(10-19-14)9-15-11(2)3/h10-11,13,15H,4-9H2,1-3H3. The molecule has 0 amide bonds. The molecule has 1 aromatic rings. The first kappa shape index (κ1) is 14.3. The van der Waals surface area contributed by atoms with E-state index < -0.39 is 0 Å². The van der Waals surface area contributed by atoms with E-state index in [4.69, 9.17) is 9.15 Å². The molecule has 0 unspecified atom stereocenters. The fraction of sp³-hybridized carbons (Fsp3) is 0.786. The molecule has 0 atom stereocenters. The van der Waals surface area contributed by atoms with Gasteiger partial charge in [-0.3, -0.25) is 0 Å². The van der Waals surface area contributed by atoms with Crippen LogP contribution >= 0.6 is 0 Å². The van der Waals surface area contributed by atoms with E-state index in [1.807, 2.05) is 0 Å². The molecule has 1 saturated heterocycles. The molecule has 108 valence electrons. The fourth-order valence-electron chi connectivity index (χ4n) is 2.28. The third-order valence-electron chi connectivity index (χ3n) is 3.35. The molecule has 1 fully saturated rings. The van der Waals surface area contributed by atoms with Crippen LogP contribution in [0.2, 0.25) is 0 Å². The molecule has 0 aliphatic carbocycles. The summed E-state index contributed by atoms with van der Waals surface area (Å²) in [7, 11) is 0. The number of rotatable bonds is 6. The van der Waals surface area contributed by atoms with Gasteiger partial charge in [0.2, 0.25) is 0 Å². The maximum Gasteiger partial charge on any atom is 0.297 e. The zero-order chi connectivity index (χ0) is 13.7. The van der Waals surface area contributed by atoms with E-state index in [1.54, 1.807) is 6.26 Å². The van der Waals surface area contributed by atoms with Crippen molar-refractivity contribution in [1.82, 2.24) is 10.3 Å². The molecule has 0 spiro atoms. The first-order valence-electron chi connectivity index (χ1n) is 7.23. The number of ether oxygens (including phenoxy) is 1. The van der Waals surface area contributed by atoms with Crippen LogP contribution in [-0.4, -0.2) is 36.8 Å². The summed E-state index contributed by atoms with van der Waals surface area (Å²) in [5.74, 6) is 0. The molecule has 1 aliphatic heterocycles. The van der Waals surface area contributed by atoms with E-state index in [-0.39, 0.29) is 0 Å². The predicted molar refractivity (Wildman–Crippen MR) is 75.3 cm³/mol. The number of oxazole rings is 1. The first-order valence-corrected chi connectivity index (χ1v) is 7.23. The van der Waals surface area contributed by atoms with Gasteiger partial charge >= 0.3 is 0 Å². The molecular weight excluding hydrogens is 242 g/mol. The van der Waals surface area contributed by atoms with Crippen LogP contribution in [0, 0.1) is 0 Å². The van der Waals surface area contributed by atoms with Crippen LogP contribution in [0.4, 0.5) is 6.01 Å². The minimum Gasteiger partial charge on any atom is -0.432 e. The lowest BCUT2D eigenvalue weighted by molar-refractivity contribution is 0.0453. The molecule has 0 saturated carbocycles. The lowest BCUT2D eigenvalue weighted by Crippen LogP contribution is -2.37. The normalized spacial score (nSPS) is 17.4. The van der Waals surface area contributed by atoms with E-state index in [0.717, 1.165) is 50.8 Å². The first-order chi connectivity index (χ1) is 9.19. The summed E-state index contributed by atoms with van der Waals surface area (Å²) in [4.78, 5) is 6.74. The Balaban J connectivity index is 1.82. The van der Waals surface area contributed by atoms with E-state index in [0.29, 0.717) is 12.1 Å². The highest BCUT2D eigenvalue weighted by atomic mass is 16.5. The summed E-state index contributed by atoms with van der Waals surface area (Å²) < 4.78 is 11.2. The second kappa shape index (κ2) is 6.91. The van der Waals surface area contributed by atoms with Crippen molar-refractivity contribution in [3.63, 3.8) is 0 Å². The maximum atomic E-state index is 5.65. The van der Waals surface area contributed by atoms with Gasteiger partial charge in [0.1, 0.15) is 6.26 Å². The molecule has 1 aromatic heterocycles. The highest BCUT2D eigenvalue weighted by Gasteiger charge is 2.22. The van der Waals surface area contributed by atoms with Crippen molar-refractivity contribution in [2.75, 3.05) is 24.6 Å². The van der Waals surface area contributed by atoms with E-state index in [9.17, 15) is 0 Å². The number of nitrogens with zero attached hydrogens (tertiary/aromatic N) is 2. The van der Waals surface area contributed by atoms with E-state index >= 15 is 0 Å². The van der Waals surface area contributed by atoms with Gasteiger partial charge in [-0.15, -0.1) is 0 Å². The molecule has 2 heterocycles. The van der Waals surface area contributed by atoms with Crippen LogP contribution in [0.3, 0.4) is 0 Å². The quantitative estimate of drug-likeness (QED) is 0.856.